The lowest BCUT2D eigenvalue weighted by molar-refractivity contribution is -0.144. The van der Waals surface area contributed by atoms with E-state index in [1.807, 2.05) is 19.0 Å². The Kier molecular flexibility index (Phi) is 7.30. The molecule has 0 N–H and O–H groups in total. The number of ether oxygens (including phenoxy) is 2. The van der Waals surface area contributed by atoms with E-state index < -0.39 is 0 Å². The zero-order valence-electron chi connectivity index (χ0n) is 11.4. The summed E-state index contributed by atoms with van der Waals surface area (Å²) in [6, 6.07) is 7.15. The number of likely N-dealkylation sites (N-methyl/N-ethyl adjacent to an activating group) is 1. The summed E-state index contributed by atoms with van der Waals surface area (Å²) in [5.41, 5.74) is 0. The second-order valence-electron chi connectivity index (χ2n) is 4.43. The number of halogens is 1. The third kappa shape index (κ3) is 7.70. The molecule has 1 aromatic rings. The highest BCUT2D eigenvalue weighted by molar-refractivity contribution is 6.30. The number of esters is 1. The minimum Gasteiger partial charge on any atom is -0.494 e. The molecule has 5 heteroatoms. The molecule has 0 aliphatic rings. The van der Waals surface area contributed by atoms with Gasteiger partial charge in [-0.15, -0.1) is 0 Å². The molecule has 0 aliphatic carbocycles. The van der Waals surface area contributed by atoms with Crippen molar-refractivity contribution in [2.75, 3.05) is 33.9 Å². The molecule has 0 spiro atoms. The van der Waals surface area contributed by atoms with Gasteiger partial charge in [0.15, 0.2) is 0 Å². The highest BCUT2D eigenvalue weighted by Crippen LogP contribution is 2.15. The molecule has 0 fully saturated rings. The van der Waals surface area contributed by atoms with Crippen LogP contribution in [0.25, 0.3) is 0 Å². The van der Waals surface area contributed by atoms with Crippen molar-refractivity contribution in [3.8, 4) is 5.75 Å². The van der Waals surface area contributed by atoms with Crippen LogP contribution in [0.2, 0.25) is 5.02 Å². The summed E-state index contributed by atoms with van der Waals surface area (Å²) in [7, 11) is 3.88. The first-order chi connectivity index (χ1) is 9.08. The van der Waals surface area contributed by atoms with E-state index in [9.17, 15) is 4.79 Å². The normalized spacial score (nSPS) is 10.5. The Morgan fingerprint density at radius 2 is 1.89 bits per heavy atom. The summed E-state index contributed by atoms with van der Waals surface area (Å²) in [5.74, 6) is 0.576. The van der Waals surface area contributed by atoms with Crippen molar-refractivity contribution in [3.63, 3.8) is 0 Å². The van der Waals surface area contributed by atoms with E-state index in [4.69, 9.17) is 21.1 Å². The highest BCUT2D eigenvalue weighted by Gasteiger charge is 2.03. The summed E-state index contributed by atoms with van der Waals surface area (Å²) in [6.07, 6.45) is 1.02. The summed E-state index contributed by atoms with van der Waals surface area (Å²) in [5, 5.41) is 0.678. The summed E-state index contributed by atoms with van der Waals surface area (Å²) >= 11 is 5.77. The van der Waals surface area contributed by atoms with Gasteiger partial charge in [0, 0.05) is 18.0 Å². The number of hydrogen-bond donors (Lipinski definition) is 0. The van der Waals surface area contributed by atoms with E-state index in [-0.39, 0.29) is 5.97 Å². The van der Waals surface area contributed by atoms with E-state index in [1.165, 1.54) is 0 Å². The second-order valence-corrected chi connectivity index (χ2v) is 4.87. The van der Waals surface area contributed by atoms with E-state index in [1.54, 1.807) is 24.3 Å². The average molecular weight is 286 g/mol. The molecular weight excluding hydrogens is 266 g/mol. The molecule has 0 aliphatic heterocycles. The van der Waals surface area contributed by atoms with Crippen LogP contribution < -0.4 is 4.74 Å². The van der Waals surface area contributed by atoms with Gasteiger partial charge in [-0.05, 0) is 44.8 Å². The second kappa shape index (κ2) is 8.77. The monoisotopic (exact) mass is 285 g/mol. The van der Waals surface area contributed by atoms with Crippen molar-refractivity contribution in [2.45, 2.75) is 12.8 Å². The average Bonchev–Trinajstić information content (AvgIpc) is 2.36. The quantitative estimate of drug-likeness (QED) is 0.544. The van der Waals surface area contributed by atoms with Gasteiger partial charge in [-0.25, -0.2) is 0 Å². The first-order valence-corrected chi connectivity index (χ1v) is 6.64. The van der Waals surface area contributed by atoms with Gasteiger partial charge in [0.1, 0.15) is 12.4 Å². The van der Waals surface area contributed by atoms with Gasteiger partial charge >= 0.3 is 5.97 Å². The molecule has 4 nitrogen and oxygen atoms in total. The molecule has 0 heterocycles. The SMILES string of the molecule is CN(C)CCOC(=O)CCCOc1ccc(Cl)cc1. The van der Waals surface area contributed by atoms with Crippen molar-refractivity contribution in [3.05, 3.63) is 29.3 Å². The van der Waals surface area contributed by atoms with E-state index >= 15 is 0 Å². The minimum atomic E-state index is -0.179. The highest BCUT2D eigenvalue weighted by atomic mass is 35.5. The van der Waals surface area contributed by atoms with Crippen molar-refractivity contribution >= 4 is 17.6 Å². The molecular formula is C14H20ClNO3. The standard InChI is InChI=1S/C14H20ClNO3/c1-16(2)9-11-19-14(17)4-3-10-18-13-7-5-12(15)6-8-13/h5-8H,3-4,9-11H2,1-2H3. The van der Waals surface area contributed by atoms with Crippen LogP contribution in [0.15, 0.2) is 24.3 Å². The number of benzene rings is 1. The largest absolute Gasteiger partial charge is 0.494 e. The van der Waals surface area contributed by atoms with Crippen LogP contribution in [0, 0.1) is 0 Å². The number of carbonyl (C=O) groups excluding carboxylic acids is 1. The lowest BCUT2D eigenvalue weighted by atomic mass is 10.3. The smallest absolute Gasteiger partial charge is 0.305 e. The predicted molar refractivity (Wildman–Crippen MR) is 75.7 cm³/mol. The maximum atomic E-state index is 11.4. The molecule has 19 heavy (non-hydrogen) atoms. The lowest BCUT2D eigenvalue weighted by Gasteiger charge is -2.10. The van der Waals surface area contributed by atoms with Crippen LogP contribution >= 0.6 is 11.6 Å². The zero-order chi connectivity index (χ0) is 14.1. The Morgan fingerprint density at radius 3 is 2.53 bits per heavy atom. The fourth-order valence-corrected chi connectivity index (χ4v) is 1.48. The summed E-state index contributed by atoms with van der Waals surface area (Å²) in [6.45, 7) is 1.67. The lowest BCUT2D eigenvalue weighted by Crippen LogP contribution is -2.20. The molecule has 0 saturated carbocycles. The van der Waals surface area contributed by atoms with Crippen LogP contribution in [-0.2, 0) is 9.53 Å². The third-order valence-corrected chi connectivity index (χ3v) is 2.66. The fraction of sp³-hybridized carbons (Fsp3) is 0.500. The van der Waals surface area contributed by atoms with Crippen LogP contribution in [0.4, 0.5) is 0 Å². The Hall–Kier alpha value is -1.26. The third-order valence-electron chi connectivity index (χ3n) is 2.41. The van der Waals surface area contributed by atoms with Gasteiger partial charge in [-0.2, -0.15) is 0 Å². The molecule has 0 unspecified atom stereocenters. The van der Waals surface area contributed by atoms with Crippen molar-refractivity contribution in [1.29, 1.82) is 0 Å². The van der Waals surface area contributed by atoms with Gasteiger partial charge in [-0.1, -0.05) is 11.6 Å². The summed E-state index contributed by atoms with van der Waals surface area (Å²) < 4.78 is 10.5. The molecule has 0 radical (unpaired) electrons. The van der Waals surface area contributed by atoms with Crippen molar-refractivity contribution in [1.82, 2.24) is 4.90 Å². The van der Waals surface area contributed by atoms with Gasteiger partial charge in [0.2, 0.25) is 0 Å². The zero-order valence-corrected chi connectivity index (χ0v) is 12.2. The number of carbonyl (C=O) groups is 1. The van der Waals surface area contributed by atoms with Crippen LogP contribution in [0.3, 0.4) is 0 Å². The van der Waals surface area contributed by atoms with Crippen LogP contribution in [-0.4, -0.2) is 44.7 Å². The first kappa shape index (κ1) is 15.8. The van der Waals surface area contributed by atoms with E-state index in [0.717, 1.165) is 12.3 Å². The van der Waals surface area contributed by atoms with Gasteiger partial charge in [-0.3, -0.25) is 4.79 Å². The Labute approximate surface area is 119 Å². The fourth-order valence-electron chi connectivity index (χ4n) is 1.35. The summed E-state index contributed by atoms with van der Waals surface area (Å²) in [4.78, 5) is 13.3. The molecule has 0 saturated heterocycles. The van der Waals surface area contributed by atoms with Crippen molar-refractivity contribution in [2.24, 2.45) is 0 Å². The molecule has 106 valence electrons. The van der Waals surface area contributed by atoms with Gasteiger partial charge in [0.05, 0.1) is 6.61 Å². The molecule has 0 atom stereocenters. The maximum Gasteiger partial charge on any atom is 0.305 e. The van der Waals surface area contributed by atoms with Gasteiger partial charge in [0.25, 0.3) is 0 Å². The topological polar surface area (TPSA) is 38.8 Å². The molecule has 1 aromatic carbocycles. The minimum absolute atomic E-state index is 0.179. The maximum absolute atomic E-state index is 11.4. The molecule has 0 aromatic heterocycles. The Balaban J connectivity index is 2.07. The van der Waals surface area contributed by atoms with Crippen molar-refractivity contribution < 1.29 is 14.3 Å². The van der Waals surface area contributed by atoms with Crippen LogP contribution in [0.1, 0.15) is 12.8 Å². The van der Waals surface area contributed by atoms with Crippen LogP contribution in [0.5, 0.6) is 5.75 Å². The number of nitrogens with zero attached hydrogens (tertiary/aromatic N) is 1. The molecule has 1 rings (SSSR count). The molecule has 0 bridgehead atoms. The Morgan fingerprint density at radius 1 is 1.21 bits per heavy atom. The Bertz CT molecular complexity index is 379. The number of hydrogen-bond acceptors (Lipinski definition) is 4. The molecule has 0 amide bonds. The van der Waals surface area contributed by atoms with E-state index in [0.29, 0.717) is 31.1 Å². The predicted octanol–water partition coefficient (Wildman–Crippen LogP) is 2.60. The van der Waals surface area contributed by atoms with Gasteiger partial charge < -0.3 is 14.4 Å². The first-order valence-electron chi connectivity index (χ1n) is 6.26. The number of rotatable bonds is 8. The van der Waals surface area contributed by atoms with E-state index in [2.05, 4.69) is 0 Å².